The Labute approximate surface area is 149 Å². The second-order valence-corrected chi connectivity index (χ2v) is 5.91. The highest BCUT2D eigenvalue weighted by atomic mass is 16.5. The maximum atomic E-state index is 12.5. The summed E-state index contributed by atoms with van der Waals surface area (Å²) in [5, 5.41) is 3.66. The molecule has 0 unspecified atom stereocenters. The van der Waals surface area contributed by atoms with Gasteiger partial charge in [-0.2, -0.15) is 0 Å². The van der Waals surface area contributed by atoms with E-state index in [2.05, 4.69) is 5.32 Å². The third kappa shape index (κ3) is 2.84. The smallest absolute Gasteiger partial charge is 0.347 e. The van der Waals surface area contributed by atoms with Crippen LogP contribution in [0.1, 0.15) is 5.76 Å². The summed E-state index contributed by atoms with van der Waals surface area (Å²) in [6.45, 7) is 1.72. The molecule has 0 spiro atoms. The van der Waals surface area contributed by atoms with Gasteiger partial charge in [0, 0.05) is 11.8 Å². The maximum absolute atomic E-state index is 12.5. The van der Waals surface area contributed by atoms with Crippen molar-refractivity contribution in [2.45, 2.75) is 6.92 Å². The van der Waals surface area contributed by atoms with Gasteiger partial charge in [-0.1, -0.05) is 30.3 Å². The van der Waals surface area contributed by atoms with Crippen LogP contribution in [0.3, 0.4) is 0 Å². The number of benzene rings is 2. The lowest BCUT2D eigenvalue weighted by atomic mass is 10.0. The summed E-state index contributed by atoms with van der Waals surface area (Å²) in [7, 11) is 1.60. The summed E-state index contributed by atoms with van der Waals surface area (Å²) in [4.78, 5) is 12.5. The van der Waals surface area contributed by atoms with Crippen molar-refractivity contribution in [3.05, 3.63) is 76.8 Å². The Morgan fingerprint density at radius 1 is 0.962 bits per heavy atom. The lowest BCUT2D eigenvalue weighted by Crippen LogP contribution is -2.00. The summed E-state index contributed by atoms with van der Waals surface area (Å²) in [6.07, 6.45) is 0. The Balaban J connectivity index is 1.98. The van der Waals surface area contributed by atoms with E-state index in [-0.39, 0.29) is 0 Å². The lowest BCUT2D eigenvalue weighted by molar-refractivity contribution is 0.415. The van der Waals surface area contributed by atoms with Gasteiger partial charge in [-0.05, 0) is 36.8 Å². The summed E-state index contributed by atoms with van der Waals surface area (Å²) < 4.78 is 16.6. The second-order valence-electron chi connectivity index (χ2n) is 5.91. The highest BCUT2D eigenvalue weighted by Gasteiger charge is 2.21. The van der Waals surface area contributed by atoms with Crippen LogP contribution < -0.4 is 15.7 Å². The molecule has 130 valence electrons. The van der Waals surface area contributed by atoms with Crippen LogP contribution in [0.15, 0.2) is 74.3 Å². The fraction of sp³-hybridized carbons (Fsp3) is 0.0952. The molecular formula is C21H17NO4. The molecule has 0 radical (unpaired) electrons. The Morgan fingerprint density at radius 3 is 2.54 bits per heavy atom. The SMILES string of the molecule is COc1cccc(-c2c(Nc3ccccc3)oc3cc(C)oc(=O)c23)c1. The zero-order valence-electron chi connectivity index (χ0n) is 14.4. The number of nitrogens with one attached hydrogen (secondary N) is 1. The van der Waals surface area contributed by atoms with E-state index in [1.807, 2.05) is 54.6 Å². The number of fused-ring (bicyclic) bond motifs is 1. The lowest BCUT2D eigenvalue weighted by Gasteiger charge is -2.07. The molecule has 0 saturated carbocycles. The first-order valence-electron chi connectivity index (χ1n) is 8.19. The fourth-order valence-corrected chi connectivity index (χ4v) is 2.96. The van der Waals surface area contributed by atoms with E-state index in [9.17, 15) is 4.79 Å². The van der Waals surface area contributed by atoms with Gasteiger partial charge in [0.1, 0.15) is 22.5 Å². The van der Waals surface area contributed by atoms with E-state index < -0.39 is 5.63 Å². The van der Waals surface area contributed by atoms with Crippen LogP contribution in [0.4, 0.5) is 11.6 Å². The van der Waals surface area contributed by atoms with Gasteiger partial charge in [0.15, 0.2) is 0 Å². The number of aryl methyl sites for hydroxylation is 1. The first-order chi connectivity index (χ1) is 12.7. The Bertz CT molecular complexity index is 1130. The first-order valence-corrected chi connectivity index (χ1v) is 8.19. The number of hydrogen-bond acceptors (Lipinski definition) is 5. The van der Waals surface area contributed by atoms with E-state index in [1.54, 1.807) is 20.1 Å². The maximum Gasteiger partial charge on any atom is 0.347 e. The molecule has 0 aliphatic heterocycles. The summed E-state index contributed by atoms with van der Waals surface area (Å²) in [6, 6.07) is 18.8. The van der Waals surface area contributed by atoms with E-state index >= 15 is 0 Å². The van der Waals surface area contributed by atoms with Crippen LogP contribution in [0.5, 0.6) is 5.75 Å². The molecule has 2 aromatic carbocycles. The van der Waals surface area contributed by atoms with Crippen LogP contribution in [-0.4, -0.2) is 7.11 Å². The zero-order valence-corrected chi connectivity index (χ0v) is 14.4. The molecular weight excluding hydrogens is 330 g/mol. The van der Waals surface area contributed by atoms with Crippen molar-refractivity contribution in [2.24, 2.45) is 0 Å². The summed E-state index contributed by atoms with van der Waals surface area (Å²) in [5.41, 5.74) is 2.36. The zero-order chi connectivity index (χ0) is 18.1. The molecule has 0 atom stereocenters. The average molecular weight is 347 g/mol. The van der Waals surface area contributed by atoms with Crippen molar-refractivity contribution in [1.29, 1.82) is 0 Å². The first kappa shape index (κ1) is 16.0. The minimum Gasteiger partial charge on any atom is -0.497 e. The van der Waals surface area contributed by atoms with Crippen molar-refractivity contribution < 1.29 is 13.6 Å². The van der Waals surface area contributed by atoms with Crippen molar-refractivity contribution in [3.63, 3.8) is 0 Å². The van der Waals surface area contributed by atoms with Gasteiger partial charge in [0.2, 0.25) is 5.88 Å². The average Bonchev–Trinajstić information content (AvgIpc) is 3.00. The van der Waals surface area contributed by atoms with Gasteiger partial charge >= 0.3 is 5.63 Å². The molecule has 0 saturated heterocycles. The molecule has 5 heteroatoms. The highest BCUT2D eigenvalue weighted by molar-refractivity contribution is 6.00. The van der Waals surface area contributed by atoms with Crippen LogP contribution in [-0.2, 0) is 0 Å². The normalized spacial score (nSPS) is 10.8. The standard InChI is InChI=1S/C21H17NO4/c1-13-11-17-19(21(23)25-13)18(14-7-6-10-16(12-14)24-2)20(26-17)22-15-8-4-3-5-9-15/h3-12,22H,1-2H3. The van der Waals surface area contributed by atoms with E-state index in [4.69, 9.17) is 13.6 Å². The Kier molecular flexibility index (Phi) is 3.97. The van der Waals surface area contributed by atoms with Crippen LogP contribution in [0.25, 0.3) is 22.1 Å². The third-order valence-electron chi connectivity index (χ3n) is 4.12. The molecule has 0 amide bonds. The molecule has 0 fully saturated rings. The molecule has 5 nitrogen and oxygen atoms in total. The summed E-state index contributed by atoms with van der Waals surface area (Å²) >= 11 is 0. The highest BCUT2D eigenvalue weighted by Crippen LogP contribution is 2.39. The molecule has 1 N–H and O–H groups in total. The van der Waals surface area contributed by atoms with Gasteiger partial charge in [0.25, 0.3) is 0 Å². The van der Waals surface area contributed by atoms with Crippen LogP contribution in [0, 0.1) is 6.92 Å². The van der Waals surface area contributed by atoms with Crippen LogP contribution >= 0.6 is 0 Å². The predicted octanol–water partition coefficient (Wildman–Crippen LogP) is 5.11. The van der Waals surface area contributed by atoms with Gasteiger partial charge in [-0.3, -0.25) is 0 Å². The van der Waals surface area contributed by atoms with Crippen molar-refractivity contribution in [2.75, 3.05) is 12.4 Å². The minimum absolute atomic E-state index is 0.405. The fourth-order valence-electron chi connectivity index (χ4n) is 2.96. The van der Waals surface area contributed by atoms with E-state index in [0.717, 1.165) is 11.3 Å². The number of para-hydroxylation sites is 1. The van der Waals surface area contributed by atoms with Crippen molar-refractivity contribution in [3.8, 4) is 16.9 Å². The molecule has 26 heavy (non-hydrogen) atoms. The number of rotatable bonds is 4. The van der Waals surface area contributed by atoms with Gasteiger partial charge in [0.05, 0.1) is 12.7 Å². The number of ether oxygens (including phenoxy) is 1. The van der Waals surface area contributed by atoms with E-state index in [0.29, 0.717) is 33.9 Å². The Hall–Kier alpha value is -3.47. The predicted molar refractivity (Wildman–Crippen MR) is 101 cm³/mol. The molecule has 2 aromatic heterocycles. The van der Waals surface area contributed by atoms with Crippen LogP contribution in [0.2, 0.25) is 0 Å². The second kappa shape index (κ2) is 6.44. The third-order valence-corrected chi connectivity index (χ3v) is 4.12. The van der Waals surface area contributed by atoms with E-state index in [1.165, 1.54) is 0 Å². The molecule has 2 heterocycles. The van der Waals surface area contributed by atoms with Crippen molar-refractivity contribution >= 4 is 22.5 Å². The number of methoxy groups -OCH3 is 1. The molecule has 0 bridgehead atoms. The number of furan rings is 1. The Morgan fingerprint density at radius 2 is 1.77 bits per heavy atom. The summed E-state index contributed by atoms with van der Waals surface area (Å²) in [5.74, 6) is 1.68. The van der Waals surface area contributed by atoms with Crippen molar-refractivity contribution in [1.82, 2.24) is 0 Å². The van der Waals surface area contributed by atoms with Gasteiger partial charge in [-0.15, -0.1) is 0 Å². The topological polar surface area (TPSA) is 64.6 Å². The number of anilines is 2. The van der Waals surface area contributed by atoms with Gasteiger partial charge in [-0.25, -0.2) is 4.79 Å². The quantitative estimate of drug-likeness (QED) is 0.555. The molecule has 4 rings (SSSR count). The monoisotopic (exact) mass is 347 g/mol. The molecule has 4 aromatic rings. The largest absolute Gasteiger partial charge is 0.497 e. The minimum atomic E-state index is -0.428. The molecule has 0 aliphatic rings. The molecule has 0 aliphatic carbocycles. The number of hydrogen-bond donors (Lipinski definition) is 1. The van der Waals surface area contributed by atoms with Gasteiger partial charge < -0.3 is 18.9 Å².